The molecule has 0 atom stereocenters. The highest BCUT2D eigenvalue weighted by Gasteiger charge is 2.29. The fourth-order valence-electron chi connectivity index (χ4n) is 3.20. The fraction of sp³-hybridized carbons (Fsp3) is 0.500. The van der Waals surface area contributed by atoms with Gasteiger partial charge in [0, 0.05) is 43.9 Å². The summed E-state index contributed by atoms with van der Waals surface area (Å²) < 4.78 is 27.4. The van der Waals surface area contributed by atoms with Crippen LogP contribution in [0.1, 0.15) is 43.8 Å². The van der Waals surface area contributed by atoms with Crippen molar-refractivity contribution in [3.8, 4) is 0 Å². The number of aryl methyl sites for hydroxylation is 2. The molecule has 2 heterocycles. The summed E-state index contributed by atoms with van der Waals surface area (Å²) in [7, 11) is -3.45. The second-order valence-corrected chi connectivity index (χ2v) is 9.21. The van der Waals surface area contributed by atoms with Crippen LogP contribution in [0, 0.1) is 6.92 Å². The van der Waals surface area contributed by atoms with E-state index < -0.39 is 10.0 Å². The summed E-state index contributed by atoms with van der Waals surface area (Å²) in [6.45, 7) is 10.3. The van der Waals surface area contributed by atoms with Crippen LogP contribution in [0.25, 0.3) is 0 Å². The zero-order valence-corrected chi connectivity index (χ0v) is 17.3. The molecule has 1 aliphatic rings. The van der Waals surface area contributed by atoms with Crippen molar-refractivity contribution in [3.63, 3.8) is 0 Å². The highest BCUT2D eigenvalue weighted by Crippen LogP contribution is 2.22. The number of aromatic nitrogens is 2. The summed E-state index contributed by atoms with van der Waals surface area (Å²) in [5, 5.41) is 0. The molecule has 1 saturated heterocycles. The zero-order chi connectivity index (χ0) is 19.6. The van der Waals surface area contributed by atoms with Crippen molar-refractivity contribution in [2.75, 3.05) is 31.1 Å². The lowest BCUT2D eigenvalue weighted by Crippen LogP contribution is -2.49. The Hall–Kier alpha value is -1.99. The molecule has 7 heteroatoms. The lowest BCUT2D eigenvalue weighted by atomic mass is 10.2. The molecule has 0 radical (unpaired) electrons. The first kappa shape index (κ1) is 19.8. The summed E-state index contributed by atoms with van der Waals surface area (Å²) in [6.07, 6.45) is 0.899. The molecule has 27 heavy (non-hydrogen) atoms. The Morgan fingerprint density at radius 3 is 2.22 bits per heavy atom. The molecular weight excluding hydrogens is 360 g/mol. The van der Waals surface area contributed by atoms with Crippen LogP contribution in [0.2, 0.25) is 0 Å². The molecule has 3 rings (SSSR count). The average molecular weight is 389 g/mol. The Morgan fingerprint density at radius 1 is 1.04 bits per heavy atom. The van der Waals surface area contributed by atoms with Gasteiger partial charge in [0.1, 0.15) is 11.6 Å². The van der Waals surface area contributed by atoms with Crippen LogP contribution in [0.5, 0.6) is 0 Å². The van der Waals surface area contributed by atoms with Gasteiger partial charge < -0.3 is 4.90 Å². The van der Waals surface area contributed by atoms with Gasteiger partial charge in [-0.05, 0) is 31.0 Å². The minimum Gasteiger partial charge on any atom is -0.354 e. The topological polar surface area (TPSA) is 66.4 Å². The molecule has 0 amide bonds. The highest BCUT2D eigenvalue weighted by atomic mass is 32.2. The van der Waals surface area contributed by atoms with E-state index in [1.54, 1.807) is 16.4 Å². The number of sulfonamides is 1. The Morgan fingerprint density at radius 2 is 1.67 bits per heavy atom. The smallest absolute Gasteiger partial charge is 0.243 e. The average Bonchev–Trinajstić information content (AvgIpc) is 2.67. The molecule has 1 aliphatic heterocycles. The Labute approximate surface area is 162 Å². The second-order valence-electron chi connectivity index (χ2n) is 7.27. The van der Waals surface area contributed by atoms with Gasteiger partial charge in [-0.3, -0.25) is 0 Å². The first-order valence-electron chi connectivity index (χ1n) is 9.51. The maximum atomic E-state index is 12.9. The highest BCUT2D eigenvalue weighted by molar-refractivity contribution is 7.89. The van der Waals surface area contributed by atoms with Gasteiger partial charge >= 0.3 is 0 Å². The van der Waals surface area contributed by atoms with Crippen molar-refractivity contribution in [2.45, 2.75) is 44.9 Å². The van der Waals surface area contributed by atoms with Gasteiger partial charge in [0.05, 0.1) is 4.90 Å². The normalized spacial score (nSPS) is 16.1. The summed E-state index contributed by atoms with van der Waals surface area (Å²) in [5.74, 6) is 1.98. The number of rotatable bonds is 5. The minimum atomic E-state index is -3.45. The standard InChI is InChI=1S/C20H28N4O2S/c1-5-17-6-8-18(9-7-17)27(25,26)24-12-10-23(11-13-24)19-14-16(4)21-20(22-19)15(2)3/h6-9,14-15H,5,10-13H2,1-4H3. The summed E-state index contributed by atoms with van der Waals surface area (Å²) in [6, 6.07) is 9.17. The molecule has 2 aromatic rings. The van der Waals surface area contributed by atoms with E-state index in [-0.39, 0.29) is 5.92 Å². The molecule has 1 aromatic heterocycles. The largest absolute Gasteiger partial charge is 0.354 e. The molecule has 0 N–H and O–H groups in total. The number of hydrogen-bond donors (Lipinski definition) is 0. The quantitative estimate of drug-likeness (QED) is 0.788. The van der Waals surface area contributed by atoms with Gasteiger partial charge in [-0.15, -0.1) is 0 Å². The van der Waals surface area contributed by atoms with Crippen molar-refractivity contribution >= 4 is 15.8 Å². The molecule has 0 spiro atoms. The van der Waals surface area contributed by atoms with E-state index in [0.717, 1.165) is 29.3 Å². The van der Waals surface area contributed by atoms with E-state index in [9.17, 15) is 8.42 Å². The molecule has 1 fully saturated rings. The Kier molecular flexibility index (Phi) is 5.81. The fourth-order valence-corrected chi connectivity index (χ4v) is 4.62. The Balaban J connectivity index is 1.73. The van der Waals surface area contributed by atoms with Gasteiger partial charge in [0.2, 0.25) is 10.0 Å². The molecule has 0 aliphatic carbocycles. The van der Waals surface area contributed by atoms with E-state index in [1.165, 1.54) is 0 Å². The van der Waals surface area contributed by atoms with Crippen molar-refractivity contribution in [1.29, 1.82) is 0 Å². The van der Waals surface area contributed by atoms with E-state index in [0.29, 0.717) is 31.1 Å². The number of hydrogen-bond acceptors (Lipinski definition) is 5. The third kappa shape index (κ3) is 4.30. The summed E-state index contributed by atoms with van der Waals surface area (Å²) in [4.78, 5) is 11.7. The SMILES string of the molecule is CCc1ccc(S(=O)(=O)N2CCN(c3cc(C)nc(C(C)C)n3)CC2)cc1. The monoisotopic (exact) mass is 388 g/mol. The summed E-state index contributed by atoms with van der Waals surface area (Å²) >= 11 is 0. The van der Waals surface area contributed by atoms with Crippen molar-refractivity contribution in [2.24, 2.45) is 0 Å². The Bertz CT molecular complexity index is 887. The van der Waals surface area contributed by atoms with Crippen molar-refractivity contribution < 1.29 is 8.42 Å². The van der Waals surface area contributed by atoms with Crippen molar-refractivity contribution in [3.05, 3.63) is 47.4 Å². The molecule has 6 nitrogen and oxygen atoms in total. The van der Waals surface area contributed by atoms with E-state index >= 15 is 0 Å². The van der Waals surface area contributed by atoms with Crippen LogP contribution in [0.4, 0.5) is 5.82 Å². The van der Waals surface area contributed by atoms with E-state index in [1.807, 2.05) is 25.1 Å². The van der Waals surface area contributed by atoms with Gasteiger partial charge in [-0.25, -0.2) is 18.4 Å². The molecule has 0 unspecified atom stereocenters. The van der Waals surface area contributed by atoms with Crippen LogP contribution in [-0.2, 0) is 16.4 Å². The predicted molar refractivity (Wildman–Crippen MR) is 108 cm³/mol. The predicted octanol–water partition coefficient (Wildman–Crippen LogP) is 2.98. The maximum Gasteiger partial charge on any atom is 0.243 e. The number of anilines is 1. The van der Waals surface area contributed by atoms with Crippen LogP contribution >= 0.6 is 0 Å². The molecule has 1 aromatic carbocycles. The van der Waals surface area contributed by atoms with Crippen LogP contribution in [0.15, 0.2) is 35.2 Å². The maximum absolute atomic E-state index is 12.9. The van der Waals surface area contributed by atoms with Gasteiger partial charge in [0.15, 0.2) is 0 Å². The zero-order valence-electron chi connectivity index (χ0n) is 16.5. The lowest BCUT2D eigenvalue weighted by molar-refractivity contribution is 0.383. The van der Waals surface area contributed by atoms with Crippen LogP contribution in [-0.4, -0.2) is 48.9 Å². The second kappa shape index (κ2) is 7.94. The lowest BCUT2D eigenvalue weighted by Gasteiger charge is -2.35. The third-order valence-electron chi connectivity index (χ3n) is 4.91. The summed E-state index contributed by atoms with van der Waals surface area (Å²) in [5.41, 5.74) is 2.08. The van der Waals surface area contributed by atoms with Gasteiger partial charge in [0.25, 0.3) is 0 Å². The first-order chi connectivity index (χ1) is 12.8. The van der Waals surface area contributed by atoms with Crippen LogP contribution in [0.3, 0.4) is 0 Å². The number of nitrogens with zero attached hydrogens (tertiary/aromatic N) is 4. The number of benzene rings is 1. The third-order valence-corrected chi connectivity index (χ3v) is 6.82. The molecule has 146 valence electrons. The molecule has 0 bridgehead atoms. The number of piperazine rings is 1. The van der Waals surface area contributed by atoms with E-state index in [2.05, 4.69) is 35.6 Å². The molecular formula is C20H28N4O2S. The van der Waals surface area contributed by atoms with Gasteiger partial charge in [-0.2, -0.15) is 4.31 Å². The molecule has 0 saturated carbocycles. The van der Waals surface area contributed by atoms with E-state index in [4.69, 9.17) is 0 Å². The van der Waals surface area contributed by atoms with Crippen LogP contribution < -0.4 is 4.90 Å². The van der Waals surface area contributed by atoms with Crippen molar-refractivity contribution in [1.82, 2.24) is 14.3 Å². The first-order valence-corrected chi connectivity index (χ1v) is 10.9. The van der Waals surface area contributed by atoms with Gasteiger partial charge in [-0.1, -0.05) is 32.9 Å². The minimum absolute atomic E-state index is 0.261.